The van der Waals surface area contributed by atoms with Crippen molar-refractivity contribution >= 4 is 40.4 Å². The number of ether oxygens (including phenoxy) is 1. The van der Waals surface area contributed by atoms with E-state index in [1.807, 2.05) is 0 Å². The van der Waals surface area contributed by atoms with Gasteiger partial charge in [0.05, 0.1) is 12.9 Å². The number of aromatic amines is 1. The minimum atomic E-state index is -5.50. The summed E-state index contributed by atoms with van der Waals surface area (Å²) in [6, 6.07) is 0. The number of nitrogen functional groups attached to an aromatic ring is 1. The van der Waals surface area contributed by atoms with Gasteiger partial charge in [-0.2, -0.15) is 9.29 Å². The minimum Gasteiger partial charge on any atom is -0.369 e. The van der Waals surface area contributed by atoms with Crippen molar-refractivity contribution in [3.8, 4) is 0 Å². The average Bonchev–Trinajstić information content (AvgIpc) is 2.86. The largest absolute Gasteiger partial charge is 0.488 e. The van der Waals surface area contributed by atoms with Crippen LogP contribution in [0.5, 0.6) is 0 Å². The van der Waals surface area contributed by atoms with Crippen LogP contribution in [0, 0.1) is 5.92 Å². The number of phosphoric acid groups is 2. The first kappa shape index (κ1) is 23.8. The first-order valence-corrected chi connectivity index (χ1v) is 12.4. The first-order chi connectivity index (χ1) is 13.2. The third kappa shape index (κ3) is 7.39. The number of H-pyrrole nitrogens is 1. The van der Waals surface area contributed by atoms with Gasteiger partial charge >= 0.3 is 23.2 Å². The quantitative estimate of drug-likeness (QED) is 0.241. The van der Waals surface area contributed by atoms with Crippen molar-refractivity contribution in [2.75, 3.05) is 18.7 Å². The molecule has 2 unspecified atom stereocenters. The Morgan fingerprint density at radius 1 is 1.24 bits per heavy atom. The van der Waals surface area contributed by atoms with Gasteiger partial charge in [-0.05, 0) is 5.92 Å². The molecule has 0 saturated heterocycles. The van der Waals surface area contributed by atoms with Crippen LogP contribution in [-0.4, -0.2) is 52.0 Å². The van der Waals surface area contributed by atoms with Crippen LogP contribution in [0.1, 0.15) is 6.92 Å². The van der Waals surface area contributed by atoms with Gasteiger partial charge in [-0.3, -0.25) is 14.3 Å². The van der Waals surface area contributed by atoms with E-state index in [2.05, 4.69) is 23.6 Å². The second kappa shape index (κ2) is 8.74. The molecule has 0 aliphatic carbocycles. The molecule has 2 heterocycles. The highest BCUT2D eigenvalue weighted by Crippen LogP contribution is 2.65. The number of aromatic nitrogens is 4. The van der Waals surface area contributed by atoms with Gasteiger partial charge in [-0.15, -0.1) is 0 Å². The maximum atomic E-state index is 11.7. The van der Waals surface area contributed by atoms with Crippen molar-refractivity contribution in [2.24, 2.45) is 5.92 Å². The lowest BCUT2D eigenvalue weighted by molar-refractivity contribution is 0.119. The fraction of sp³-hybridized carbons (Fsp3) is 0.500. The van der Waals surface area contributed by atoms with Crippen molar-refractivity contribution < 1.29 is 46.6 Å². The summed E-state index contributed by atoms with van der Waals surface area (Å²) in [7, 11) is -15.8. The number of nitrogens with two attached hydrogens (primary N) is 1. The van der Waals surface area contributed by atoms with Crippen LogP contribution >= 0.6 is 23.2 Å². The lowest BCUT2D eigenvalue weighted by atomic mass is 10.2. The number of nitrogens with zero attached hydrogens (tertiary/aromatic N) is 3. The Balaban J connectivity index is 1.92. The molecule has 2 aromatic rings. The lowest BCUT2D eigenvalue weighted by Crippen LogP contribution is -2.16. The van der Waals surface area contributed by atoms with E-state index in [4.69, 9.17) is 25.2 Å². The molecule has 0 spiro atoms. The van der Waals surface area contributed by atoms with E-state index < -0.39 is 35.1 Å². The number of imidazole rings is 1. The Labute approximate surface area is 162 Å². The number of rotatable bonds is 10. The summed E-state index contributed by atoms with van der Waals surface area (Å²) in [5, 5.41) is 0. The van der Waals surface area contributed by atoms with Crippen LogP contribution in [0.2, 0.25) is 0 Å². The average molecular weight is 477 g/mol. The molecular weight excluding hydrogens is 459 g/mol. The van der Waals surface area contributed by atoms with Crippen molar-refractivity contribution in [1.29, 1.82) is 0 Å². The normalized spacial score (nSPS) is 17.7. The molecular formula is C10H18N5O11P3. The molecule has 0 aliphatic heterocycles. The van der Waals surface area contributed by atoms with E-state index in [-0.39, 0.29) is 36.2 Å². The smallest absolute Gasteiger partial charge is 0.369 e. The van der Waals surface area contributed by atoms with Crippen LogP contribution < -0.4 is 11.3 Å². The third-order valence-corrected chi connectivity index (χ3v) is 7.13. The zero-order valence-electron chi connectivity index (χ0n) is 14.7. The van der Waals surface area contributed by atoms with Gasteiger partial charge in [-0.1, -0.05) is 6.92 Å². The van der Waals surface area contributed by atoms with Crippen molar-refractivity contribution in [3.63, 3.8) is 0 Å². The fourth-order valence-corrected chi connectivity index (χ4v) is 5.47. The van der Waals surface area contributed by atoms with E-state index in [9.17, 15) is 23.4 Å². The van der Waals surface area contributed by atoms with Crippen molar-refractivity contribution in [3.05, 3.63) is 16.7 Å². The van der Waals surface area contributed by atoms with Gasteiger partial charge in [0.2, 0.25) is 5.95 Å². The molecule has 0 fully saturated rings. The lowest BCUT2D eigenvalue weighted by Gasteiger charge is -2.18. The number of fused-ring (bicyclic) bond motifs is 1. The second-order valence-corrected chi connectivity index (χ2v) is 10.6. The number of anilines is 1. The first-order valence-electron chi connectivity index (χ1n) is 7.59. The van der Waals surface area contributed by atoms with Crippen LogP contribution in [-0.2, 0) is 33.6 Å². The van der Waals surface area contributed by atoms with E-state index >= 15 is 0 Å². The molecule has 0 amide bonds. The zero-order chi connectivity index (χ0) is 22.0. The number of nitrogens with one attached hydrogen (secondary N) is 1. The maximum absolute atomic E-state index is 11.7. The Kier molecular flexibility index (Phi) is 7.18. The van der Waals surface area contributed by atoms with Gasteiger partial charge in [0.1, 0.15) is 6.35 Å². The molecule has 3 atom stereocenters. The highest BCUT2D eigenvalue weighted by atomic mass is 31.3. The Morgan fingerprint density at radius 2 is 1.90 bits per heavy atom. The molecule has 0 bridgehead atoms. The van der Waals surface area contributed by atoms with E-state index in [1.165, 1.54) is 10.9 Å². The molecule has 0 saturated carbocycles. The van der Waals surface area contributed by atoms with E-state index in [0.717, 1.165) is 0 Å². The molecule has 19 heteroatoms. The summed E-state index contributed by atoms with van der Waals surface area (Å²) in [4.78, 5) is 57.4. The standard InChI is InChI=1S/C10H18N5O11P3/c1-6(2-15-4-12-7-8(15)13-10(11)14-9(7)16)3-24-5-27(17,18)25-29(22,23)26-28(19,20)21/h4,6H,2-3,5H2,1H3,(H,17,18)(H,22,23)(H2,19,20,21)(H3,11,13,14,16)/t6-/m1/s1. The van der Waals surface area contributed by atoms with Gasteiger partial charge in [0, 0.05) is 6.54 Å². The van der Waals surface area contributed by atoms with Crippen molar-refractivity contribution in [1.82, 2.24) is 19.5 Å². The molecule has 0 aromatic carbocycles. The van der Waals surface area contributed by atoms with Crippen LogP contribution in [0.25, 0.3) is 11.2 Å². The molecule has 7 N–H and O–H groups in total. The van der Waals surface area contributed by atoms with E-state index in [1.54, 1.807) is 6.92 Å². The van der Waals surface area contributed by atoms with Crippen LogP contribution in [0.15, 0.2) is 11.1 Å². The zero-order valence-corrected chi connectivity index (χ0v) is 17.4. The molecule has 16 nitrogen and oxygen atoms in total. The summed E-state index contributed by atoms with van der Waals surface area (Å²) in [5.41, 5.74) is 5.28. The topological polar surface area (TPSA) is 249 Å². The number of hydrogen-bond donors (Lipinski definition) is 6. The van der Waals surface area contributed by atoms with Crippen molar-refractivity contribution in [2.45, 2.75) is 13.5 Å². The Bertz CT molecular complexity index is 1080. The predicted octanol–water partition coefficient (Wildman–Crippen LogP) is -0.276. The Morgan fingerprint density at radius 3 is 2.52 bits per heavy atom. The summed E-state index contributed by atoms with van der Waals surface area (Å²) < 4.78 is 47.4. The maximum Gasteiger partial charge on any atom is 0.488 e. The van der Waals surface area contributed by atoms with Crippen LogP contribution in [0.3, 0.4) is 0 Å². The van der Waals surface area contributed by atoms with E-state index in [0.29, 0.717) is 0 Å². The molecule has 2 rings (SSSR count). The summed E-state index contributed by atoms with van der Waals surface area (Å²) >= 11 is 0. The highest BCUT2D eigenvalue weighted by molar-refractivity contribution is 7.68. The SMILES string of the molecule is C[C@@H](COCP(=O)(O)OP(=O)(O)OP(=O)(O)O)Cn1cnc2c(=O)[nH]c(N)nc21. The van der Waals surface area contributed by atoms with Gasteiger partial charge in [-0.25, -0.2) is 18.4 Å². The predicted molar refractivity (Wildman–Crippen MR) is 96.4 cm³/mol. The van der Waals surface area contributed by atoms with Crippen LogP contribution in [0.4, 0.5) is 5.95 Å². The summed E-state index contributed by atoms with van der Waals surface area (Å²) in [6.45, 7) is 1.77. The fourth-order valence-electron chi connectivity index (χ4n) is 2.20. The second-order valence-electron chi connectivity index (χ2n) is 5.89. The van der Waals surface area contributed by atoms with Gasteiger partial charge in [0.15, 0.2) is 11.2 Å². The monoisotopic (exact) mass is 477 g/mol. The molecule has 2 aromatic heterocycles. The Hall–Kier alpha value is -1.44. The molecule has 164 valence electrons. The molecule has 29 heavy (non-hydrogen) atoms. The minimum absolute atomic E-state index is 0.0735. The van der Waals surface area contributed by atoms with Gasteiger partial charge < -0.3 is 34.6 Å². The van der Waals surface area contributed by atoms with Gasteiger partial charge in [0.25, 0.3) is 5.56 Å². The summed E-state index contributed by atoms with van der Waals surface area (Å²) in [5.74, 6) is -0.417. The number of hydrogen-bond acceptors (Lipinski definition) is 10. The third-order valence-electron chi connectivity index (χ3n) is 3.10. The summed E-state index contributed by atoms with van der Waals surface area (Å²) in [6.07, 6.45) is 0.298. The molecule has 0 aliphatic rings. The highest BCUT2D eigenvalue weighted by Gasteiger charge is 2.39. The molecule has 0 radical (unpaired) electrons.